The Balaban J connectivity index is 1.66. The Kier molecular flexibility index (Phi) is 3.94. The van der Waals surface area contributed by atoms with Gasteiger partial charge in [0.05, 0.1) is 5.60 Å². The van der Waals surface area contributed by atoms with E-state index in [0.29, 0.717) is 5.38 Å². The fourth-order valence-corrected chi connectivity index (χ4v) is 5.80. The van der Waals surface area contributed by atoms with Crippen molar-refractivity contribution in [3.8, 4) is 0 Å². The van der Waals surface area contributed by atoms with Gasteiger partial charge in [0.2, 0.25) is 0 Å². The maximum atomic E-state index is 6.57. The molecule has 1 saturated carbocycles. The third kappa shape index (κ3) is 2.64. The molecule has 2 saturated heterocycles. The van der Waals surface area contributed by atoms with Gasteiger partial charge in [0, 0.05) is 17.7 Å². The molecule has 1 spiro atoms. The van der Waals surface area contributed by atoms with Crippen LogP contribution in [0.1, 0.15) is 44.9 Å². The summed E-state index contributed by atoms with van der Waals surface area (Å²) in [5.41, 5.74) is 0.238. The van der Waals surface area contributed by atoms with Crippen LogP contribution in [0.25, 0.3) is 0 Å². The van der Waals surface area contributed by atoms with Gasteiger partial charge in [0.1, 0.15) is 0 Å². The molecule has 0 bridgehead atoms. The number of halogens is 1. The molecule has 1 aliphatic carbocycles. The van der Waals surface area contributed by atoms with Crippen molar-refractivity contribution in [1.29, 1.82) is 0 Å². The third-order valence-electron chi connectivity index (χ3n) is 4.94. The Bertz CT molecular complexity index is 265. The van der Waals surface area contributed by atoms with Crippen LogP contribution in [0.5, 0.6) is 0 Å². The number of thioether (sulfide) groups is 1. The van der Waals surface area contributed by atoms with Gasteiger partial charge in [-0.05, 0) is 49.7 Å². The zero-order chi connectivity index (χ0) is 11.7. The van der Waals surface area contributed by atoms with E-state index in [1.54, 1.807) is 0 Å². The topological polar surface area (TPSA) is 9.23 Å². The summed E-state index contributed by atoms with van der Waals surface area (Å²) in [5.74, 6) is 4.13. The van der Waals surface area contributed by atoms with Crippen molar-refractivity contribution in [2.75, 3.05) is 18.1 Å². The summed E-state index contributed by atoms with van der Waals surface area (Å²) >= 11 is 8.64. The SMILES string of the molecule is ClC1CCCCC1C1CCOC2(CCSC2)C1. The van der Waals surface area contributed by atoms with E-state index in [4.69, 9.17) is 16.3 Å². The summed E-state index contributed by atoms with van der Waals surface area (Å²) in [5, 5.41) is 0.443. The van der Waals surface area contributed by atoms with Crippen molar-refractivity contribution in [1.82, 2.24) is 0 Å². The molecule has 3 rings (SSSR count). The highest BCUT2D eigenvalue weighted by molar-refractivity contribution is 7.99. The fraction of sp³-hybridized carbons (Fsp3) is 1.00. The van der Waals surface area contributed by atoms with E-state index in [0.717, 1.165) is 18.4 Å². The average Bonchev–Trinajstić information content (AvgIpc) is 2.78. The Morgan fingerprint density at radius 1 is 1.18 bits per heavy atom. The lowest BCUT2D eigenvalue weighted by atomic mass is 9.72. The molecule has 0 N–H and O–H groups in total. The van der Waals surface area contributed by atoms with Gasteiger partial charge in [-0.3, -0.25) is 0 Å². The molecule has 0 aromatic heterocycles. The van der Waals surface area contributed by atoms with Gasteiger partial charge in [-0.1, -0.05) is 12.8 Å². The molecule has 0 aromatic rings. The summed E-state index contributed by atoms with van der Waals surface area (Å²) in [4.78, 5) is 0. The second-order valence-electron chi connectivity index (χ2n) is 6.05. The summed E-state index contributed by atoms with van der Waals surface area (Å²) < 4.78 is 6.12. The number of rotatable bonds is 1. The van der Waals surface area contributed by atoms with Crippen molar-refractivity contribution < 1.29 is 4.74 Å². The van der Waals surface area contributed by atoms with E-state index in [1.807, 2.05) is 0 Å². The number of ether oxygens (including phenoxy) is 1. The van der Waals surface area contributed by atoms with Crippen molar-refractivity contribution in [3.05, 3.63) is 0 Å². The first-order valence-electron chi connectivity index (χ1n) is 7.15. The highest BCUT2D eigenvalue weighted by Gasteiger charge is 2.43. The smallest absolute Gasteiger partial charge is 0.0783 e. The summed E-state index contributed by atoms with van der Waals surface area (Å²) in [7, 11) is 0. The molecular formula is C14H23ClOS. The van der Waals surface area contributed by atoms with Crippen LogP contribution in [0.4, 0.5) is 0 Å². The second kappa shape index (κ2) is 5.30. The van der Waals surface area contributed by atoms with E-state index >= 15 is 0 Å². The zero-order valence-electron chi connectivity index (χ0n) is 10.5. The molecule has 0 aromatic carbocycles. The van der Waals surface area contributed by atoms with Crippen LogP contribution in [0, 0.1) is 11.8 Å². The van der Waals surface area contributed by atoms with Crippen molar-refractivity contribution in [2.45, 2.75) is 55.9 Å². The van der Waals surface area contributed by atoms with E-state index in [9.17, 15) is 0 Å². The monoisotopic (exact) mass is 274 g/mol. The molecule has 0 amide bonds. The van der Waals surface area contributed by atoms with Gasteiger partial charge in [-0.15, -0.1) is 11.6 Å². The van der Waals surface area contributed by atoms with Crippen LogP contribution in [-0.4, -0.2) is 29.1 Å². The van der Waals surface area contributed by atoms with Gasteiger partial charge in [-0.25, -0.2) is 0 Å². The molecule has 98 valence electrons. The van der Waals surface area contributed by atoms with Crippen molar-refractivity contribution >= 4 is 23.4 Å². The van der Waals surface area contributed by atoms with Crippen LogP contribution < -0.4 is 0 Å². The molecule has 1 nitrogen and oxygen atoms in total. The molecule has 0 radical (unpaired) electrons. The van der Waals surface area contributed by atoms with Crippen LogP contribution in [0.3, 0.4) is 0 Å². The van der Waals surface area contributed by atoms with Crippen LogP contribution >= 0.6 is 23.4 Å². The van der Waals surface area contributed by atoms with Gasteiger partial charge >= 0.3 is 0 Å². The first-order valence-corrected chi connectivity index (χ1v) is 8.74. The molecule has 4 unspecified atom stereocenters. The van der Waals surface area contributed by atoms with Gasteiger partial charge in [0.25, 0.3) is 0 Å². The molecule has 3 heteroatoms. The van der Waals surface area contributed by atoms with E-state index in [1.165, 1.54) is 56.5 Å². The number of hydrogen-bond donors (Lipinski definition) is 0. The normalized spacial score (nSPS) is 47.5. The molecule has 2 aliphatic heterocycles. The van der Waals surface area contributed by atoms with Crippen LogP contribution in [-0.2, 0) is 4.74 Å². The first-order chi connectivity index (χ1) is 8.29. The highest BCUT2D eigenvalue weighted by atomic mass is 35.5. The fourth-order valence-electron chi connectivity index (χ4n) is 3.94. The lowest BCUT2D eigenvalue weighted by molar-refractivity contribution is -0.0911. The second-order valence-corrected chi connectivity index (χ2v) is 7.72. The quantitative estimate of drug-likeness (QED) is 0.666. The van der Waals surface area contributed by atoms with Gasteiger partial charge in [0.15, 0.2) is 0 Å². The molecule has 3 fully saturated rings. The third-order valence-corrected chi connectivity index (χ3v) is 6.70. The average molecular weight is 275 g/mol. The maximum absolute atomic E-state index is 6.57. The summed E-state index contributed by atoms with van der Waals surface area (Å²) in [6, 6.07) is 0. The lowest BCUT2D eigenvalue weighted by Crippen LogP contribution is -2.43. The standard InChI is InChI=1S/C14H23ClOS/c15-13-4-2-1-3-12(13)11-5-7-16-14(9-11)6-8-17-10-14/h11-13H,1-10H2. The number of hydrogen-bond acceptors (Lipinski definition) is 2. The van der Waals surface area contributed by atoms with Gasteiger partial charge in [-0.2, -0.15) is 11.8 Å². The predicted molar refractivity (Wildman–Crippen MR) is 74.9 cm³/mol. The molecule has 4 atom stereocenters. The van der Waals surface area contributed by atoms with Crippen molar-refractivity contribution in [2.24, 2.45) is 11.8 Å². The largest absolute Gasteiger partial charge is 0.374 e. The molecular weight excluding hydrogens is 252 g/mol. The Morgan fingerprint density at radius 2 is 2.06 bits per heavy atom. The Hall–Kier alpha value is 0.600. The van der Waals surface area contributed by atoms with Gasteiger partial charge < -0.3 is 4.74 Å². The summed E-state index contributed by atoms with van der Waals surface area (Å²) in [6.07, 6.45) is 9.15. The highest BCUT2D eigenvalue weighted by Crippen LogP contribution is 2.46. The molecule has 3 aliphatic rings. The maximum Gasteiger partial charge on any atom is 0.0783 e. The first kappa shape index (κ1) is 12.6. The van der Waals surface area contributed by atoms with E-state index < -0.39 is 0 Å². The molecule has 17 heavy (non-hydrogen) atoms. The predicted octanol–water partition coefficient (Wildman–Crippen LogP) is 4.09. The van der Waals surface area contributed by atoms with Crippen LogP contribution in [0.2, 0.25) is 0 Å². The Labute approximate surface area is 114 Å². The summed E-state index contributed by atoms with van der Waals surface area (Å²) in [6.45, 7) is 0.978. The van der Waals surface area contributed by atoms with Crippen LogP contribution in [0.15, 0.2) is 0 Å². The minimum absolute atomic E-state index is 0.238. The van der Waals surface area contributed by atoms with E-state index in [-0.39, 0.29) is 5.60 Å². The zero-order valence-corrected chi connectivity index (χ0v) is 12.1. The molecule has 2 heterocycles. The van der Waals surface area contributed by atoms with E-state index in [2.05, 4.69) is 11.8 Å². The Morgan fingerprint density at radius 3 is 2.82 bits per heavy atom. The minimum atomic E-state index is 0.238. The lowest BCUT2D eigenvalue weighted by Gasteiger charge is -2.43. The van der Waals surface area contributed by atoms with Crippen molar-refractivity contribution in [3.63, 3.8) is 0 Å². The minimum Gasteiger partial charge on any atom is -0.374 e. The number of alkyl halides is 1.